The van der Waals surface area contributed by atoms with Crippen molar-refractivity contribution >= 4 is 23.9 Å². The SMILES string of the molecule is CC(=O)N/C(=C\c1ccc(C#N)cc1)C(=O)N[C@H](C(=O)O)C1CCCCC1. The molecule has 2 amide bonds. The minimum Gasteiger partial charge on any atom is -0.480 e. The van der Waals surface area contributed by atoms with Crippen molar-refractivity contribution in [3.05, 3.63) is 41.1 Å². The van der Waals surface area contributed by atoms with E-state index in [2.05, 4.69) is 10.6 Å². The number of nitriles is 1. The van der Waals surface area contributed by atoms with Gasteiger partial charge in [0.25, 0.3) is 5.91 Å². The van der Waals surface area contributed by atoms with Crippen molar-refractivity contribution in [1.29, 1.82) is 5.26 Å². The van der Waals surface area contributed by atoms with E-state index >= 15 is 0 Å². The third kappa shape index (κ3) is 5.96. The Balaban J connectivity index is 2.21. The average molecular weight is 369 g/mol. The fourth-order valence-electron chi connectivity index (χ4n) is 3.24. The van der Waals surface area contributed by atoms with Crippen molar-refractivity contribution in [3.8, 4) is 6.07 Å². The lowest BCUT2D eigenvalue weighted by Gasteiger charge is -2.28. The Morgan fingerprint density at radius 1 is 1.19 bits per heavy atom. The molecule has 1 saturated carbocycles. The largest absolute Gasteiger partial charge is 0.480 e. The molecule has 1 aliphatic carbocycles. The van der Waals surface area contributed by atoms with Gasteiger partial charge in [-0.25, -0.2) is 4.79 Å². The van der Waals surface area contributed by atoms with Crippen molar-refractivity contribution in [1.82, 2.24) is 10.6 Å². The molecule has 0 unspecified atom stereocenters. The number of nitrogens with zero attached hydrogens (tertiary/aromatic N) is 1. The number of carboxylic acids is 1. The van der Waals surface area contributed by atoms with Crippen LogP contribution < -0.4 is 10.6 Å². The monoisotopic (exact) mass is 369 g/mol. The van der Waals surface area contributed by atoms with Gasteiger partial charge in [0, 0.05) is 6.92 Å². The highest BCUT2D eigenvalue weighted by atomic mass is 16.4. The first-order valence-corrected chi connectivity index (χ1v) is 8.94. The summed E-state index contributed by atoms with van der Waals surface area (Å²) < 4.78 is 0. The summed E-state index contributed by atoms with van der Waals surface area (Å²) in [6.07, 6.45) is 5.94. The third-order valence-electron chi connectivity index (χ3n) is 4.58. The number of aliphatic carboxylic acids is 1. The fourth-order valence-corrected chi connectivity index (χ4v) is 3.24. The van der Waals surface area contributed by atoms with Gasteiger partial charge in [-0.2, -0.15) is 5.26 Å². The standard InChI is InChI=1S/C20H23N3O4/c1-13(24)22-17(11-14-7-9-15(12-21)10-8-14)19(25)23-18(20(26)27)16-5-3-2-4-6-16/h7-11,16,18H,2-6H2,1H3,(H,22,24)(H,23,25)(H,26,27)/b17-11-/t18-/m0/s1. The van der Waals surface area contributed by atoms with Gasteiger partial charge >= 0.3 is 5.97 Å². The molecule has 7 nitrogen and oxygen atoms in total. The predicted molar refractivity (Wildman–Crippen MR) is 99.1 cm³/mol. The number of carboxylic acid groups (broad SMARTS) is 1. The summed E-state index contributed by atoms with van der Waals surface area (Å²) in [4.78, 5) is 35.8. The van der Waals surface area contributed by atoms with Crippen LogP contribution in [0.5, 0.6) is 0 Å². The van der Waals surface area contributed by atoms with Crippen LogP contribution in [0.3, 0.4) is 0 Å². The van der Waals surface area contributed by atoms with E-state index in [1.54, 1.807) is 24.3 Å². The molecule has 0 bridgehead atoms. The zero-order chi connectivity index (χ0) is 19.8. The Hall–Kier alpha value is -3.14. The molecule has 1 aromatic carbocycles. The van der Waals surface area contributed by atoms with E-state index in [0.29, 0.717) is 11.1 Å². The number of hydrogen-bond donors (Lipinski definition) is 3. The van der Waals surface area contributed by atoms with E-state index in [1.165, 1.54) is 13.0 Å². The predicted octanol–water partition coefficient (Wildman–Crippen LogP) is 2.18. The zero-order valence-electron chi connectivity index (χ0n) is 15.2. The van der Waals surface area contributed by atoms with Crippen LogP contribution in [0.25, 0.3) is 6.08 Å². The molecule has 0 radical (unpaired) electrons. The highest BCUT2D eigenvalue weighted by Gasteiger charge is 2.31. The second-order valence-electron chi connectivity index (χ2n) is 6.66. The van der Waals surface area contributed by atoms with E-state index in [9.17, 15) is 19.5 Å². The molecule has 0 heterocycles. The summed E-state index contributed by atoms with van der Waals surface area (Å²) >= 11 is 0. The van der Waals surface area contributed by atoms with E-state index in [4.69, 9.17) is 5.26 Å². The van der Waals surface area contributed by atoms with Gasteiger partial charge in [-0.15, -0.1) is 0 Å². The van der Waals surface area contributed by atoms with Crippen LogP contribution in [-0.4, -0.2) is 28.9 Å². The first-order chi connectivity index (χ1) is 12.9. The fraction of sp³-hybridized carbons (Fsp3) is 0.400. The number of carbonyl (C=O) groups is 3. The maximum Gasteiger partial charge on any atom is 0.326 e. The number of amides is 2. The second-order valence-corrected chi connectivity index (χ2v) is 6.66. The lowest BCUT2D eigenvalue weighted by molar-refractivity contribution is -0.143. The topological polar surface area (TPSA) is 119 Å². The van der Waals surface area contributed by atoms with E-state index in [1.807, 2.05) is 6.07 Å². The van der Waals surface area contributed by atoms with Gasteiger partial charge in [0.15, 0.2) is 0 Å². The molecule has 1 atom stereocenters. The van der Waals surface area contributed by atoms with Gasteiger partial charge in [0.05, 0.1) is 11.6 Å². The minimum atomic E-state index is -1.07. The van der Waals surface area contributed by atoms with Crippen molar-refractivity contribution in [2.45, 2.75) is 45.1 Å². The van der Waals surface area contributed by atoms with Crippen molar-refractivity contribution in [2.24, 2.45) is 5.92 Å². The molecule has 2 rings (SSSR count). The van der Waals surface area contributed by atoms with E-state index in [-0.39, 0.29) is 11.6 Å². The average Bonchev–Trinajstić information content (AvgIpc) is 2.66. The first-order valence-electron chi connectivity index (χ1n) is 8.94. The summed E-state index contributed by atoms with van der Waals surface area (Å²) in [5, 5.41) is 23.4. The van der Waals surface area contributed by atoms with Gasteiger partial charge in [0.2, 0.25) is 5.91 Å². The van der Waals surface area contributed by atoms with Gasteiger partial charge in [-0.1, -0.05) is 31.4 Å². The Morgan fingerprint density at radius 2 is 1.81 bits per heavy atom. The Bertz CT molecular complexity index is 771. The van der Waals surface area contributed by atoms with Gasteiger partial charge in [-0.05, 0) is 42.5 Å². The van der Waals surface area contributed by atoms with Crippen molar-refractivity contribution in [3.63, 3.8) is 0 Å². The number of carbonyl (C=O) groups excluding carboxylic acids is 2. The Morgan fingerprint density at radius 3 is 2.33 bits per heavy atom. The Labute approximate surface area is 158 Å². The number of hydrogen-bond acceptors (Lipinski definition) is 4. The molecule has 0 saturated heterocycles. The molecular formula is C20H23N3O4. The molecule has 0 aliphatic heterocycles. The molecule has 0 aromatic heterocycles. The number of benzene rings is 1. The van der Waals surface area contributed by atoms with Crippen LogP contribution >= 0.6 is 0 Å². The maximum absolute atomic E-state index is 12.7. The summed E-state index contributed by atoms with van der Waals surface area (Å²) in [6.45, 7) is 1.27. The quantitative estimate of drug-likeness (QED) is 0.664. The van der Waals surface area contributed by atoms with E-state index in [0.717, 1.165) is 32.1 Å². The normalized spacial score (nSPS) is 16.1. The summed E-state index contributed by atoms with van der Waals surface area (Å²) in [5.41, 5.74) is 1.05. The number of rotatable bonds is 6. The smallest absolute Gasteiger partial charge is 0.326 e. The van der Waals surface area contributed by atoms with Crippen LogP contribution in [0.4, 0.5) is 0 Å². The third-order valence-corrected chi connectivity index (χ3v) is 4.58. The van der Waals surface area contributed by atoms with Gasteiger partial charge in [-0.3, -0.25) is 9.59 Å². The van der Waals surface area contributed by atoms with Gasteiger partial charge in [0.1, 0.15) is 11.7 Å². The van der Waals surface area contributed by atoms with Crippen molar-refractivity contribution in [2.75, 3.05) is 0 Å². The molecule has 27 heavy (non-hydrogen) atoms. The maximum atomic E-state index is 12.7. The van der Waals surface area contributed by atoms with Crippen molar-refractivity contribution < 1.29 is 19.5 Å². The Kier molecular flexibility index (Phi) is 7.12. The lowest BCUT2D eigenvalue weighted by atomic mass is 9.84. The molecule has 1 aliphatic rings. The molecule has 1 aromatic rings. The molecular weight excluding hydrogens is 346 g/mol. The number of nitrogens with one attached hydrogen (secondary N) is 2. The van der Waals surface area contributed by atoms with Crippen LogP contribution in [0.2, 0.25) is 0 Å². The molecule has 1 fully saturated rings. The van der Waals surface area contributed by atoms with Gasteiger partial charge < -0.3 is 15.7 Å². The lowest BCUT2D eigenvalue weighted by Crippen LogP contribution is -2.48. The molecule has 3 N–H and O–H groups in total. The molecule has 142 valence electrons. The zero-order valence-corrected chi connectivity index (χ0v) is 15.2. The highest BCUT2D eigenvalue weighted by Crippen LogP contribution is 2.26. The van der Waals surface area contributed by atoms with Crippen LogP contribution in [0.1, 0.15) is 50.2 Å². The van der Waals surface area contributed by atoms with E-state index < -0.39 is 23.8 Å². The van der Waals surface area contributed by atoms with Crippen LogP contribution in [0.15, 0.2) is 30.0 Å². The highest BCUT2D eigenvalue weighted by molar-refractivity contribution is 6.02. The summed E-state index contributed by atoms with van der Waals surface area (Å²) in [6, 6.07) is 7.49. The first kappa shape index (κ1) is 20.2. The molecule has 7 heteroatoms. The summed E-state index contributed by atoms with van der Waals surface area (Å²) in [5.74, 6) is -2.27. The van der Waals surface area contributed by atoms with Crippen LogP contribution in [0, 0.1) is 17.2 Å². The second kappa shape index (κ2) is 9.53. The van der Waals surface area contributed by atoms with Crippen LogP contribution in [-0.2, 0) is 14.4 Å². The summed E-state index contributed by atoms with van der Waals surface area (Å²) in [7, 11) is 0. The minimum absolute atomic E-state index is 0.0331. The molecule has 0 spiro atoms.